The predicted octanol–water partition coefficient (Wildman–Crippen LogP) is 3.31. The number of nitrogens with one attached hydrogen (secondary N) is 1. The van der Waals surface area contributed by atoms with E-state index in [1.807, 2.05) is 13.1 Å². The summed E-state index contributed by atoms with van der Waals surface area (Å²) >= 11 is 0. The van der Waals surface area contributed by atoms with Crippen LogP contribution in [-0.2, 0) is 0 Å². The molecule has 0 aliphatic heterocycles. The molecule has 0 radical (unpaired) electrons. The summed E-state index contributed by atoms with van der Waals surface area (Å²) in [5, 5.41) is 3.28. The molecular weight excluding hydrogens is 227 g/mol. The van der Waals surface area contributed by atoms with Crippen molar-refractivity contribution in [3.8, 4) is 0 Å². The number of fused-ring (bicyclic) bond motifs is 2. The molecule has 1 N–H and O–H groups in total. The summed E-state index contributed by atoms with van der Waals surface area (Å²) < 4.78 is 13.8. The van der Waals surface area contributed by atoms with Gasteiger partial charge in [-0.25, -0.2) is 4.39 Å². The molecular formula is C15H21FN2. The molecule has 1 heterocycles. The lowest BCUT2D eigenvalue weighted by Crippen LogP contribution is -2.23. The Hall–Kier alpha value is -0.960. The van der Waals surface area contributed by atoms with Gasteiger partial charge in [0, 0.05) is 17.8 Å². The van der Waals surface area contributed by atoms with Crippen molar-refractivity contribution in [1.29, 1.82) is 0 Å². The molecule has 2 saturated carbocycles. The van der Waals surface area contributed by atoms with Crippen LogP contribution in [0.25, 0.3) is 0 Å². The first-order valence-corrected chi connectivity index (χ1v) is 7.04. The van der Waals surface area contributed by atoms with Gasteiger partial charge in [-0.1, -0.05) is 6.42 Å². The molecule has 3 rings (SSSR count). The van der Waals surface area contributed by atoms with Gasteiger partial charge in [0.05, 0.1) is 6.20 Å². The van der Waals surface area contributed by atoms with Crippen LogP contribution in [0.2, 0.25) is 0 Å². The molecule has 2 aliphatic carbocycles. The summed E-state index contributed by atoms with van der Waals surface area (Å²) in [4.78, 5) is 3.83. The summed E-state index contributed by atoms with van der Waals surface area (Å²) in [5.41, 5.74) is 0.773. The van der Waals surface area contributed by atoms with Gasteiger partial charge in [0.15, 0.2) is 0 Å². The van der Waals surface area contributed by atoms with Crippen LogP contribution in [0.5, 0.6) is 0 Å². The summed E-state index contributed by atoms with van der Waals surface area (Å²) in [7, 11) is 1.93. The Balaban J connectivity index is 1.72. The molecule has 0 aromatic carbocycles. The molecule has 2 nitrogen and oxygen atoms in total. The number of nitrogens with zero attached hydrogens (tertiary/aromatic N) is 1. The summed E-state index contributed by atoms with van der Waals surface area (Å²) in [6, 6.07) is 1.95. The first kappa shape index (κ1) is 12.1. The SMILES string of the molecule is CNC(CC1CC2CCC1C2)c1ccncc1F. The Morgan fingerprint density at radius 3 is 2.94 bits per heavy atom. The summed E-state index contributed by atoms with van der Waals surface area (Å²) in [5.74, 6) is 2.46. The molecule has 98 valence electrons. The third-order valence-corrected chi connectivity index (χ3v) is 4.95. The second-order valence-electron chi connectivity index (χ2n) is 5.91. The molecule has 0 spiro atoms. The van der Waals surface area contributed by atoms with Crippen molar-refractivity contribution in [2.45, 2.75) is 38.1 Å². The van der Waals surface area contributed by atoms with Crippen molar-refractivity contribution in [2.75, 3.05) is 7.05 Å². The van der Waals surface area contributed by atoms with Crippen LogP contribution in [0.3, 0.4) is 0 Å². The highest BCUT2D eigenvalue weighted by Crippen LogP contribution is 2.50. The third-order valence-electron chi connectivity index (χ3n) is 4.95. The Bertz CT molecular complexity index is 421. The lowest BCUT2D eigenvalue weighted by atomic mass is 9.83. The van der Waals surface area contributed by atoms with Crippen LogP contribution in [0.15, 0.2) is 18.5 Å². The average Bonchev–Trinajstić information content (AvgIpc) is 2.99. The number of halogens is 1. The van der Waals surface area contributed by atoms with Crippen LogP contribution in [0.1, 0.15) is 43.7 Å². The minimum absolute atomic E-state index is 0.136. The molecule has 0 amide bonds. The van der Waals surface area contributed by atoms with Crippen molar-refractivity contribution in [2.24, 2.45) is 17.8 Å². The van der Waals surface area contributed by atoms with Crippen LogP contribution >= 0.6 is 0 Å². The van der Waals surface area contributed by atoms with Crippen LogP contribution in [-0.4, -0.2) is 12.0 Å². The Kier molecular flexibility index (Phi) is 3.33. The number of pyridine rings is 1. The van der Waals surface area contributed by atoms with E-state index < -0.39 is 0 Å². The maximum Gasteiger partial charge on any atom is 0.146 e. The van der Waals surface area contributed by atoms with Crippen molar-refractivity contribution in [1.82, 2.24) is 10.3 Å². The molecule has 4 atom stereocenters. The Morgan fingerprint density at radius 1 is 1.44 bits per heavy atom. The lowest BCUT2D eigenvalue weighted by Gasteiger charge is -2.27. The van der Waals surface area contributed by atoms with Gasteiger partial charge < -0.3 is 5.32 Å². The van der Waals surface area contributed by atoms with Gasteiger partial charge >= 0.3 is 0 Å². The van der Waals surface area contributed by atoms with Crippen molar-refractivity contribution in [3.63, 3.8) is 0 Å². The van der Waals surface area contributed by atoms with Gasteiger partial charge in [0.1, 0.15) is 5.82 Å². The van der Waals surface area contributed by atoms with E-state index in [9.17, 15) is 4.39 Å². The molecule has 4 unspecified atom stereocenters. The van der Waals surface area contributed by atoms with E-state index >= 15 is 0 Å². The van der Waals surface area contributed by atoms with Gasteiger partial charge in [-0.2, -0.15) is 0 Å². The second kappa shape index (κ2) is 4.96. The standard InChI is InChI=1S/C15H21FN2/c1-17-15(13-4-5-18-9-14(13)16)8-12-7-10-2-3-11(12)6-10/h4-5,9-12,15,17H,2-3,6-8H2,1H3. The molecule has 2 bridgehead atoms. The quantitative estimate of drug-likeness (QED) is 0.884. The van der Waals surface area contributed by atoms with E-state index in [1.165, 1.54) is 31.9 Å². The number of hydrogen-bond acceptors (Lipinski definition) is 2. The minimum atomic E-state index is -0.181. The fraction of sp³-hybridized carbons (Fsp3) is 0.667. The van der Waals surface area contributed by atoms with Gasteiger partial charge in [-0.3, -0.25) is 4.98 Å². The number of aromatic nitrogens is 1. The Morgan fingerprint density at radius 2 is 2.33 bits per heavy atom. The predicted molar refractivity (Wildman–Crippen MR) is 69.6 cm³/mol. The Labute approximate surface area is 108 Å². The van der Waals surface area contributed by atoms with E-state index in [-0.39, 0.29) is 11.9 Å². The van der Waals surface area contributed by atoms with E-state index in [0.29, 0.717) is 0 Å². The molecule has 18 heavy (non-hydrogen) atoms. The van der Waals surface area contributed by atoms with Crippen LogP contribution in [0.4, 0.5) is 4.39 Å². The normalized spacial score (nSPS) is 31.8. The third kappa shape index (κ3) is 2.16. The van der Waals surface area contributed by atoms with E-state index in [1.54, 1.807) is 6.20 Å². The zero-order chi connectivity index (χ0) is 12.5. The largest absolute Gasteiger partial charge is 0.313 e. The fourth-order valence-electron chi connectivity index (χ4n) is 4.04. The zero-order valence-electron chi connectivity index (χ0n) is 10.9. The van der Waals surface area contributed by atoms with Gasteiger partial charge in [0.25, 0.3) is 0 Å². The van der Waals surface area contributed by atoms with Gasteiger partial charge in [-0.05, 0) is 56.6 Å². The van der Waals surface area contributed by atoms with Crippen LogP contribution < -0.4 is 5.32 Å². The fourth-order valence-corrected chi connectivity index (χ4v) is 4.04. The van der Waals surface area contributed by atoms with E-state index in [0.717, 1.165) is 29.7 Å². The van der Waals surface area contributed by atoms with Gasteiger partial charge in [-0.15, -0.1) is 0 Å². The molecule has 2 fully saturated rings. The molecule has 1 aromatic heterocycles. The molecule has 0 saturated heterocycles. The minimum Gasteiger partial charge on any atom is -0.313 e. The first-order chi connectivity index (χ1) is 8.78. The average molecular weight is 248 g/mol. The topological polar surface area (TPSA) is 24.9 Å². The zero-order valence-corrected chi connectivity index (χ0v) is 10.9. The number of hydrogen-bond donors (Lipinski definition) is 1. The monoisotopic (exact) mass is 248 g/mol. The maximum absolute atomic E-state index is 13.8. The van der Waals surface area contributed by atoms with Crippen molar-refractivity contribution < 1.29 is 4.39 Å². The van der Waals surface area contributed by atoms with Gasteiger partial charge in [0.2, 0.25) is 0 Å². The van der Waals surface area contributed by atoms with E-state index in [2.05, 4.69) is 10.3 Å². The van der Waals surface area contributed by atoms with Crippen LogP contribution in [0, 0.1) is 23.6 Å². The van der Waals surface area contributed by atoms with Crippen molar-refractivity contribution in [3.05, 3.63) is 29.8 Å². The highest BCUT2D eigenvalue weighted by atomic mass is 19.1. The highest BCUT2D eigenvalue weighted by molar-refractivity contribution is 5.17. The number of rotatable bonds is 4. The first-order valence-electron chi connectivity index (χ1n) is 7.04. The summed E-state index contributed by atoms with van der Waals surface area (Å²) in [6.45, 7) is 0. The molecule has 2 aliphatic rings. The summed E-state index contributed by atoms with van der Waals surface area (Å²) in [6.07, 6.45) is 9.66. The second-order valence-corrected chi connectivity index (χ2v) is 5.91. The maximum atomic E-state index is 13.8. The smallest absolute Gasteiger partial charge is 0.146 e. The van der Waals surface area contributed by atoms with Crippen molar-refractivity contribution >= 4 is 0 Å². The lowest BCUT2D eigenvalue weighted by molar-refractivity contribution is 0.281. The van der Waals surface area contributed by atoms with E-state index in [4.69, 9.17) is 0 Å². The molecule has 1 aromatic rings. The molecule has 3 heteroatoms. The highest BCUT2D eigenvalue weighted by Gasteiger charge is 2.40.